The fourth-order valence-corrected chi connectivity index (χ4v) is 7.72. The highest BCUT2D eigenvalue weighted by molar-refractivity contribution is 5.99. The van der Waals surface area contributed by atoms with E-state index < -0.39 is 59.9 Å². The summed E-state index contributed by atoms with van der Waals surface area (Å²) in [5, 5.41) is 12.5. The van der Waals surface area contributed by atoms with Crippen molar-refractivity contribution in [3.8, 4) is 0 Å². The molecule has 4 amide bonds. The zero-order valence-corrected chi connectivity index (χ0v) is 31.8. The number of primary amides is 1. The maximum Gasteiger partial charge on any atom is 0.320 e. The molecule has 54 heavy (non-hydrogen) atoms. The van der Waals surface area contributed by atoms with Crippen molar-refractivity contribution in [3.05, 3.63) is 78.0 Å². The molecule has 3 aromatic rings. The Hall–Kier alpha value is -4.88. The summed E-state index contributed by atoms with van der Waals surface area (Å²) >= 11 is 0. The molecule has 0 unspecified atom stereocenters. The Morgan fingerprint density at radius 2 is 1.63 bits per heavy atom. The molecule has 0 spiro atoms. The highest BCUT2D eigenvalue weighted by Gasteiger charge is 2.43. The lowest BCUT2D eigenvalue weighted by Gasteiger charge is -2.47. The summed E-state index contributed by atoms with van der Waals surface area (Å²) in [6, 6.07) is 17.5. The molecule has 13 nitrogen and oxygen atoms in total. The number of hydrogen-bond donors (Lipinski definition) is 5. The largest absolute Gasteiger partial charge is 0.458 e. The number of benzene rings is 2. The van der Waals surface area contributed by atoms with Crippen LogP contribution in [0.3, 0.4) is 0 Å². The average molecular weight is 742 g/mol. The van der Waals surface area contributed by atoms with Gasteiger partial charge in [-0.3, -0.25) is 28.9 Å². The van der Waals surface area contributed by atoms with Crippen molar-refractivity contribution < 1.29 is 28.7 Å². The zero-order chi connectivity index (χ0) is 38.8. The number of para-hydroxylation sites is 1. The van der Waals surface area contributed by atoms with E-state index in [9.17, 15) is 24.0 Å². The number of nitrogens with one attached hydrogen (secondary N) is 4. The van der Waals surface area contributed by atoms with Gasteiger partial charge in [-0.05, 0) is 76.6 Å². The topological polar surface area (TPSA) is 185 Å². The molecule has 290 valence electrons. The zero-order valence-electron chi connectivity index (χ0n) is 31.8. The minimum Gasteiger partial charge on any atom is -0.458 e. The van der Waals surface area contributed by atoms with Gasteiger partial charge in [0, 0.05) is 24.0 Å². The number of likely N-dealkylation sites (N-methyl/N-ethyl adjacent to an activating group) is 1. The third kappa shape index (κ3) is 11.3. The second-order valence-corrected chi connectivity index (χ2v) is 15.7. The number of piperidine rings is 1. The SMILES string of the molecule is CNCC(=O)O[C@H](CN1C[C@H]2CCCC[C@H]2C[C@H]1C(=O)NC(C)(C)C)[C@H](Cc1ccccc1)NC(=O)[C@H](CC(N)=O)NC(=O)c1ccc2ccccc2n1. The molecule has 0 bridgehead atoms. The standard InChI is InChI=1S/C41H55N7O6/c1-41(2,3)47-40(53)34-21-28-15-8-9-16-29(28)24-48(34)25-35(54-37(50)23-43-4)32(20-26-12-6-5-7-13-26)45-39(52)33(22-36(42)49)46-38(51)31-19-18-27-14-10-11-17-30(27)44-31/h5-7,10-14,17-19,28-29,32-35,43H,8-9,15-16,20-25H2,1-4H3,(H2,42,49)(H,45,52)(H,46,51)(H,47,53)/t28-,29+,32-,33-,34-,35+/m0/s1. The number of fused-ring (bicyclic) bond motifs is 2. The van der Waals surface area contributed by atoms with Crippen LogP contribution in [0.5, 0.6) is 0 Å². The molecule has 1 aromatic heterocycles. The Labute approximate surface area is 317 Å². The molecule has 2 aliphatic rings. The third-order valence-corrected chi connectivity index (χ3v) is 10.3. The van der Waals surface area contributed by atoms with Gasteiger partial charge in [0.2, 0.25) is 17.7 Å². The monoisotopic (exact) mass is 741 g/mol. The number of rotatable bonds is 15. The second-order valence-electron chi connectivity index (χ2n) is 15.7. The van der Waals surface area contributed by atoms with Crippen LogP contribution >= 0.6 is 0 Å². The van der Waals surface area contributed by atoms with Crippen LogP contribution in [0.15, 0.2) is 66.7 Å². The second kappa shape index (κ2) is 18.4. The van der Waals surface area contributed by atoms with E-state index in [0.717, 1.165) is 36.6 Å². The highest BCUT2D eigenvalue weighted by Crippen LogP contribution is 2.39. The molecule has 2 heterocycles. The minimum atomic E-state index is -1.35. The third-order valence-electron chi connectivity index (χ3n) is 10.3. The fourth-order valence-electron chi connectivity index (χ4n) is 7.72. The number of carbonyl (C=O) groups is 5. The van der Waals surface area contributed by atoms with Gasteiger partial charge >= 0.3 is 5.97 Å². The number of amides is 4. The lowest BCUT2D eigenvalue weighted by molar-refractivity contribution is -0.153. The Morgan fingerprint density at radius 3 is 2.33 bits per heavy atom. The van der Waals surface area contributed by atoms with E-state index in [-0.39, 0.29) is 31.1 Å². The van der Waals surface area contributed by atoms with E-state index in [2.05, 4.69) is 31.2 Å². The number of hydrogen-bond acceptors (Lipinski definition) is 9. The van der Waals surface area contributed by atoms with Crippen molar-refractivity contribution in [3.63, 3.8) is 0 Å². The first-order chi connectivity index (χ1) is 25.8. The van der Waals surface area contributed by atoms with Crippen molar-refractivity contribution in [1.29, 1.82) is 0 Å². The molecule has 1 aliphatic carbocycles. The average Bonchev–Trinajstić information content (AvgIpc) is 3.13. The molecule has 5 rings (SSSR count). The number of nitrogens with zero attached hydrogens (tertiary/aromatic N) is 2. The molecular formula is C41H55N7O6. The van der Waals surface area contributed by atoms with Gasteiger partial charge in [-0.2, -0.15) is 0 Å². The predicted molar refractivity (Wildman–Crippen MR) is 206 cm³/mol. The predicted octanol–water partition coefficient (Wildman–Crippen LogP) is 2.86. The molecule has 1 aliphatic heterocycles. The number of likely N-dealkylation sites (tertiary alicyclic amines) is 1. The van der Waals surface area contributed by atoms with Gasteiger partial charge < -0.3 is 31.7 Å². The van der Waals surface area contributed by atoms with Crippen molar-refractivity contribution >= 4 is 40.5 Å². The van der Waals surface area contributed by atoms with Gasteiger partial charge in [-0.25, -0.2) is 4.98 Å². The fraction of sp³-hybridized carbons (Fsp3) is 0.512. The quantitative estimate of drug-likeness (QED) is 0.146. The molecule has 1 saturated heterocycles. The molecular weight excluding hydrogens is 686 g/mol. The summed E-state index contributed by atoms with van der Waals surface area (Å²) in [5.41, 5.74) is 6.68. The lowest BCUT2D eigenvalue weighted by atomic mass is 9.72. The van der Waals surface area contributed by atoms with Crippen molar-refractivity contribution in [2.75, 3.05) is 26.7 Å². The number of ether oxygens (including phenoxy) is 1. The minimum absolute atomic E-state index is 0.0692. The molecule has 13 heteroatoms. The summed E-state index contributed by atoms with van der Waals surface area (Å²) in [7, 11) is 1.64. The van der Waals surface area contributed by atoms with Gasteiger partial charge in [-0.1, -0.05) is 73.9 Å². The van der Waals surface area contributed by atoms with E-state index in [0.29, 0.717) is 30.3 Å². The summed E-state index contributed by atoms with van der Waals surface area (Å²) < 4.78 is 6.17. The first-order valence-corrected chi connectivity index (χ1v) is 19.0. The van der Waals surface area contributed by atoms with Crippen LogP contribution in [0.25, 0.3) is 10.9 Å². The highest BCUT2D eigenvalue weighted by atomic mass is 16.5. The van der Waals surface area contributed by atoms with Crippen LogP contribution in [-0.2, 0) is 30.3 Å². The smallest absolute Gasteiger partial charge is 0.320 e. The number of nitrogens with two attached hydrogens (primary N) is 1. The van der Waals surface area contributed by atoms with Crippen LogP contribution < -0.4 is 27.0 Å². The molecule has 2 fully saturated rings. The molecule has 6 atom stereocenters. The van der Waals surface area contributed by atoms with Crippen LogP contribution in [0, 0.1) is 11.8 Å². The summed E-state index contributed by atoms with van der Waals surface area (Å²) in [6.45, 7) is 6.61. The van der Waals surface area contributed by atoms with E-state index in [4.69, 9.17) is 10.5 Å². The summed E-state index contributed by atoms with van der Waals surface area (Å²) in [6.07, 6.45) is 3.97. The van der Waals surface area contributed by atoms with Crippen LogP contribution in [0.2, 0.25) is 0 Å². The Balaban J connectivity index is 1.45. The first kappa shape index (κ1) is 40.3. The van der Waals surface area contributed by atoms with Crippen molar-refractivity contribution in [2.45, 2.75) is 95.5 Å². The Kier molecular flexibility index (Phi) is 13.8. The van der Waals surface area contributed by atoms with E-state index in [1.54, 1.807) is 25.2 Å². The van der Waals surface area contributed by atoms with Gasteiger partial charge in [0.1, 0.15) is 17.8 Å². The van der Waals surface area contributed by atoms with Crippen molar-refractivity contribution in [1.82, 2.24) is 31.2 Å². The molecule has 0 radical (unpaired) electrons. The van der Waals surface area contributed by atoms with Gasteiger partial charge in [-0.15, -0.1) is 0 Å². The first-order valence-electron chi connectivity index (χ1n) is 19.0. The molecule has 6 N–H and O–H groups in total. The van der Waals surface area contributed by atoms with E-state index in [1.807, 2.05) is 69.3 Å². The van der Waals surface area contributed by atoms with Crippen LogP contribution in [0.4, 0.5) is 0 Å². The van der Waals surface area contributed by atoms with Gasteiger partial charge in [0.15, 0.2) is 0 Å². The number of aromatic nitrogens is 1. The normalized spacial score (nSPS) is 20.5. The maximum atomic E-state index is 14.2. The Bertz CT molecular complexity index is 1780. The summed E-state index contributed by atoms with van der Waals surface area (Å²) in [5.74, 6) is -1.90. The van der Waals surface area contributed by atoms with E-state index >= 15 is 0 Å². The van der Waals surface area contributed by atoms with Gasteiger partial charge in [0.25, 0.3) is 5.91 Å². The maximum absolute atomic E-state index is 14.2. The lowest BCUT2D eigenvalue weighted by Crippen LogP contribution is -2.61. The molecule has 1 saturated carbocycles. The van der Waals surface area contributed by atoms with Gasteiger partial charge in [0.05, 0.1) is 30.6 Å². The number of carbonyl (C=O) groups excluding carboxylic acids is 5. The number of pyridine rings is 1. The molecule has 2 aromatic carbocycles. The van der Waals surface area contributed by atoms with E-state index in [1.165, 1.54) is 0 Å². The number of esters is 1. The van der Waals surface area contributed by atoms with Crippen molar-refractivity contribution in [2.24, 2.45) is 17.6 Å². The van der Waals surface area contributed by atoms with Crippen LogP contribution in [-0.4, -0.2) is 95.9 Å². The van der Waals surface area contributed by atoms with Crippen LogP contribution in [0.1, 0.15) is 75.3 Å². The Morgan fingerprint density at radius 1 is 0.926 bits per heavy atom. The summed E-state index contributed by atoms with van der Waals surface area (Å²) in [4.78, 5) is 73.6.